The molecule has 6 nitrogen and oxygen atoms in total. The van der Waals surface area contributed by atoms with Gasteiger partial charge in [-0.25, -0.2) is 0 Å². The Morgan fingerprint density at radius 3 is 2.28 bits per heavy atom. The molecule has 0 aromatic heterocycles. The van der Waals surface area contributed by atoms with Gasteiger partial charge in [0.1, 0.15) is 11.6 Å². The van der Waals surface area contributed by atoms with Crippen LogP contribution in [0.4, 0.5) is 17.1 Å². The van der Waals surface area contributed by atoms with Crippen molar-refractivity contribution in [2.45, 2.75) is 6.92 Å². The second kappa shape index (κ2) is 8.52. The highest BCUT2D eigenvalue weighted by Crippen LogP contribution is 2.21. The predicted molar refractivity (Wildman–Crippen MR) is 98.1 cm³/mol. The lowest BCUT2D eigenvalue weighted by Crippen LogP contribution is -2.14. The Balaban J connectivity index is 2.04. The van der Waals surface area contributed by atoms with E-state index in [4.69, 9.17) is 16.9 Å². The Bertz CT molecular complexity index is 854. The van der Waals surface area contributed by atoms with Gasteiger partial charge in [0, 0.05) is 24.5 Å². The van der Waals surface area contributed by atoms with Crippen molar-refractivity contribution in [3.63, 3.8) is 0 Å². The molecule has 0 saturated heterocycles. The van der Waals surface area contributed by atoms with E-state index < -0.39 is 5.91 Å². The number of nitrogens with zero attached hydrogens (tertiary/aromatic N) is 1. The number of nitriles is 1. The van der Waals surface area contributed by atoms with Crippen LogP contribution in [-0.4, -0.2) is 11.8 Å². The highest BCUT2D eigenvalue weighted by Gasteiger charge is 2.10. The van der Waals surface area contributed by atoms with Crippen LogP contribution < -0.4 is 16.0 Å². The van der Waals surface area contributed by atoms with Gasteiger partial charge < -0.3 is 16.0 Å². The predicted octanol–water partition coefficient (Wildman–Crippen LogP) is 3.76. The molecule has 0 unspecified atom stereocenters. The number of benzene rings is 2. The van der Waals surface area contributed by atoms with E-state index in [2.05, 4.69) is 16.0 Å². The van der Waals surface area contributed by atoms with Gasteiger partial charge in [0.25, 0.3) is 5.91 Å². The number of carbonyl (C=O) groups is 2. The van der Waals surface area contributed by atoms with Gasteiger partial charge in [0.2, 0.25) is 5.91 Å². The van der Waals surface area contributed by atoms with E-state index >= 15 is 0 Å². The van der Waals surface area contributed by atoms with Crippen molar-refractivity contribution < 1.29 is 9.59 Å². The van der Waals surface area contributed by atoms with Gasteiger partial charge in [0.05, 0.1) is 10.7 Å². The monoisotopic (exact) mass is 354 g/mol. The summed E-state index contributed by atoms with van der Waals surface area (Å²) in [4.78, 5) is 23.1. The average Bonchev–Trinajstić information content (AvgIpc) is 2.58. The fraction of sp³-hybridized carbons (Fsp3) is 0.0556. The van der Waals surface area contributed by atoms with Gasteiger partial charge in [-0.05, 0) is 36.4 Å². The maximum atomic E-state index is 12.1. The Kier molecular flexibility index (Phi) is 6.15. The Morgan fingerprint density at radius 2 is 1.68 bits per heavy atom. The largest absolute Gasteiger partial charge is 0.360 e. The molecule has 0 saturated carbocycles. The van der Waals surface area contributed by atoms with Crippen molar-refractivity contribution in [1.82, 2.24) is 0 Å². The fourth-order valence-corrected chi connectivity index (χ4v) is 2.09. The molecule has 0 heterocycles. The summed E-state index contributed by atoms with van der Waals surface area (Å²) in [5.74, 6) is -0.735. The minimum Gasteiger partial charge on any atom is -0.360 e. The second-order valence-corrected chi connectivity index (χ2v) is 5.41. The molecule has 0 aliphatic heterocycles. The van der Waals surface area contributed by atoms with E-state index in [1.165, 1.54) is 13.1 Å². The van der Waals surface area contributed by atoms with Gasteiger partial charge in [-0.15, -0.1) is 0 Å². The van der Waals surface area contributed by atoms with E-state index in [9.17, 15) is 9.59 Å². The molecule has 126 valence electrons. The number of anilines is 3. The van der Waals surface area contributed by atoms with Crippen LogP contribution in [0.1, 0.15) is 6.92 Å². The number of nitrogens with one attached hydrogen (secondary N) is 3. The zero-order valence-electron chi connectivity index (χ0n) is 13.3. The minimum atomic E-state index is -0.571. The second-order valence-electron chi connectivity index (χ2n) is 5.01. The third kappa shape index (κ3) is 5.37. The maximum absolute atomic E-state index is 12.1. The molecule has 0 aliphatic rings. The summed E-state index contributed by atoms with van der Waals surface area (Å²) in [5, 5.41) is 17.6. The highest BCUT2D eigenvalue weighted by molar-refractivity contribution is 6.34. The van der Waals surface area contributed by atoms with E-state index in [-0.39, 0.29) is 11.5 Å². The average molecular weight is 355 g/mol. The van der Waals surface area contributed by atoms with Gasteiger partial charge in [-0.2, -0.15) is 5.26 Å². The van der Waals surface area contributed by atoms with Crippen molar-refractivity contribution in [3.05, 3.63) is 65.3 Å². The fourth-order valence-electron chi connectivity index (χ4n) is 1.91. The summed E-state index contributed by atoms with van der Waals surface area (Å²) in [6.07, 6.45) is 1.31. The van der Waals surface area contributed by atoms with Crippen molar-refractivity contribution >= 4 is 40.5 Å². The first-order valence-electron chi connectivity index (χ1n) is 7.30. The van der Waals surface area contributed by atoms with Gasteiger partial charge >= 0.3 is 0 Å². The smallest absolute Gasteiger partial charge is 0.267 e. The summed E-state index contributed by atoms with van der Waals surface area (Å²) in [6.45, 7) is 1.42. The van der Waals surface area contributed by atoms with E-state index in [0.717, 1.165) is 0 Å². The molecule has 2 rings (SSSR count). The molecule has 0 fully saturated rings. The van der Waals surface area contributed by atoms with Gasteiger partial charge in [-0.3, -0.25) is 9.59 Å². The maximum Gasteiger partial charge on any atom is 0.267 e. The molecule has 0 aliphatic carbocycles. The summed E-state index contributed by atoms with van der Waals surface area (Å²) in [5.41, 5.74) is 1.63. The van der Waals surface area contributed by atoms with Crippen molar-refractivity contribution in [2.75, 3.05) is 16.0 Å². The number of carbonyl (C=O) groups excluding carboxylic acids is 2. The molecule has 0 bridgehead atoms. The summed E-state index contributed by atoms with van der Waals surface area (Å²) in [7, 11) is 0. The van der Waals surface area contributed by atoms with Crippen LogP contribution in [0.15, 0.2) is 60.3 Å². The molecule has 3 N–H and O–H groups in total. The standard InChI is InChI=1S/C18H15ClN4O2/c1-12(24)22-15-8-6-14(7-9-15)21-11-13(10-20)18(25)23-17-5-3-2-4-16(17)19/h2-9,11,21H,1H3,(H,22,24)(H,23,25)/b13-11-. The first kappa shape index (κ1) is 18.0. The third-order valence-electron chi connectivity index (χ3n) is 3.08. The summed E-state index contributed by atoms with van der Waals surface area (Å²) >= 11 is 5.98. The van der Waals surface area contributed by atoms with Crippen LogP contribution >= 0.6 is 11.6 Å². The SMILES string of the molecule is CC(=O)Nc1ccc(N/C=C(/C#N)C(=O)Nc2ccccc2Cl)cc1. The van der Waals surface area contributed by atoms with Crippen LogP contribution in [0.5, 0.6) is 0 Å². The lowest BCUT2D eigenvalue weighted by Gasteiger charge is -2.07. The van der Waals surface area contributed by atoms with Gasteiger partial charge in [-0.1, -0.05) is 23.7 Å². The first-order valence-corrected chi connectivity index (χ1v) is 7.67. The molecule has 2 aromatic rings. The zero-order valence-corrected chi connectivity index (χ0v) is 14.1. The highest BCUT2D eigenvalue weighted by atomic mass is 35.5. The van der Waals surface area contributed by atoms with Gasteiger partial charge in [0.15, 0.2) is 0 Å². The van der Waals surface area contributed by atoms with E-state index in [1.807, 2.05) is 6.07 Å². The van der Waals surface area contributed by atoms with Crippen LogP contribution in [0.2, 0.25) is 5.02 Å². The molecule has 0 radical (unpaired) electrons. The third-order valence-corrected chi connectivity index (χ3v) is 3.41. The number of rotatable bonds is 5. The molecular weight excluding hydrogens is 340 g/mol. The van der Waals surface area contributed by atoms with Crippen LogP contribution in [-0.2, 0) is 9.59 Å². The molecule has 0 spiro atoms. The Morgan fingerprint density at radius 1 is 1.04 bits per heavy atom. The number of amides is 2. The minimum absolute atomic E-state index is 0.106. The molecule has 25 heavy (non-hydrogen) atoms. The van der Waals surface area contributed by atoms with Crippen molar-refractivity contribution in [3.8, 4) is 6.07 Å². The van der Waals surface area contributed by atoms with Crippen LogP contribution in [0, 0.1) is 11.3 Å². The van der Waals surface area contributed by atoms with Crippen molar-refractivity contribution in [2.24, 2.45) is 0 Å². The van der Waals surface area contributed by atoms with Crippen molar-refractivity contribution in [1.29, 1.82) is 5.26 Å². The van der Waals surface area contributed by atoms with E-state index in [0.29, 0.717) is 22.1 Å². The zero-order chi connectivity index (χ0) is 18.2. The number of hydrogen-bond donors (Lipinski definition) is 3. The molecule has 0 atom stereocenters. The normalized spacial score (nSPS) is 10.5. The Labute approximate surface area is 150 Å². The Hall–Kier alpha value is -3.30. The first-order chi connectivity index (χ1) is 12.0. The molecule has 2 aromatic carbocycles. The van der Waals surface area contributed by atoms with Crippen LogP contribution in [0.25, 0.3) is 0 Å². The topological polar surface area (TPSA) is 94.0 Å². The lowest BCUT2D eigenvalue weighted by molar-refractivity contribution is -0.114. The number of para-hydroxylation sites is 1. The molecular formula is C18H15ClN4O2. The lowest BCUT2D eigenvalue weighted by atomic mass is 10.2. The van der Waals surface area contributed by atoms with Crippen LogP contribution in [0.3, 0.4) is 0 Å². The number of halogens is 1. The van der Waals surface area contributed by atoms with E-state index in [1.54, 1.807) is 48.5 Å². The summed E-state index contributed by atoms with van der Waals surface area (Å²) < 4.78 is 0. The molecule has 2 amide bonds. The summed E-state index contributed by atoms with van der Waals surface area (Å²) in [6, 6.07) is 15.4. The number of hydrogen-bond acceptors (Lipinski definition) is 4. The molecule has 7 heteroatoms. The quantitative estimate of drug-likeness (QED) is 0.563.